The van der Waals surface area contributed by atoms with Crippen LogP contribution in [0.1, 0.15) is 31.5 Å². The fourth-order valence-electron chi connectivity index (χ4n) is 3.62. The Kier molecular flexibility index (Phi) is 6.88. The average molecular weight is 453 g/mol. The van der Waals surface area contributed by atoms with E-state index in [1.807, 2.05) is 19.9 Å². The summed E-state index contributed by atoms with van der Waals surface area (Å²) in [6.45, 7) is 6.82. The molecule has 1 unspecified atom stereocenters. The second kappa shape index (κ2) is 9.99. The van der Waals surface area contributed by atoms with Gasteiger partial charge in [-0.25, -0.2) is 28.4 Å². The predicted molar refractivity (Wildman–Crippen MR) is 123 cm³/mol. The number of anilines is 1. The van der Waals surface area contributed by atoms with Gasteiger partial charge < -0.3 is 10.1 Å². The van der Waals surface area contributed by atoms with Crippen LogP contribution in [0.15, 0.2) is 42.6 Å². The van der Waals surface area contributed by atoms with Gasteiger partial charge in [-0.2, -0.15) is 5.10 Å². The van der Waals surface area contributed by atoms with Crippen molar-refractivity contribution in [3.8, 4) is 11.5 Å². The topological polar surface area (TPSA) is 77.8 Å². The van der Waals surface area contributed by atoms with Crippen molar-refractivity contribution < 1.29 is 13.5 Å². The van der Waals surface area contributed by atoms with Gasteiger partial charge in [0.2, 0.25) is 0 Å². The molecule has 3 aromatic heterocycles. The van der Waals surface area contributed by atoms with E-state index >= 15 is 0 Å². The van der Waals surface area contributed by atoms with Crippen molar-refractivity contribution in [3.63, 3.8) is 0 Å². The van der Waals surface area contributed by atoms with Crippen molar-refractivity contribution in [2.24, 2.45) is 0 Å². The minimum Gasteiger partial charge on any atom is -0.379 e. The van der Waals surface area contributed by atoms with E-state index in [-0.39, 0.29) is 35.8 Å². The molecule has 0 fully saturated rings. The third-order valence-corrected chi connectivity index (χ3v) is 5.31. The smallest absolute Gasteiger partial charge is 0.186 e. The molecule has 0 saturated carbocycles. The maximum absolute atomic E-state index is 14.7. The molecule has 0 aliphatic rings. The zero-order valence-corrected chi connectivity index (χ0v) is 18.8. The summed E-state index contributed by atoms with van der Waals surface area (Å²) in [6, 6.07) is 10.2. The lowest BCUT2D eigenvalue weighted by molar-refractivity contribution is 0.0728. The Bertz CT molecular complexity index is 1260. The number of pyridine rings is 1. The van der Waals surface area contributed by atoms with E-state index in [1.54, 1.807) is 42.1 Å². The number of aryl methyl sites for hydroxylation is 1. The fourth-order valence-corrected chi connectivity index (χ4v) is 3.62. The van der Waals surface area contributed by atoms with E-state index in [0.717, 1.165) is 0 Å². The Morgan fingerprint density at radius 2 is 1.94 bits per heavy atom. The molecule has 1 aromatic carbocycles. The third-order valence-electron chi connectivity index (χ3n) is 5.31. The molecule has 9 heteroatoms. The first-order chi connectivity index (χ1) is 16.0. The summed E-state index contributed by atoms with van der Waals surface area (Å²) >= 11 is 0. The van der Waals surface area contributed by atoms with Crippen LogP contribution >= 0.6 is 0 Å². The van der Waals surface area contributed by atoms with Gasteiger partial charge in [0.05, 0.1) is 23.7 Å². The number of ether oxygens (including phenoxy) is 1. The van der Waals surface area contributed by atoms with Gasteiger partial charge in [0.25, 0.3) is 0 Å². The van der Waals surface area contributed by atoms with Gasteiger partial charge in [0.1, 0.15) is 11.5 Å². The van der Waals surface area contributed by atoms with Crippen LogP contribution in [0.2, 0.25) is 0 Å². The van der Waals surface area contributed by atoms with Gasteiger partial charge in [-0.05, 0) is 45.4 Å². The lowest BCUT2D eigenvalue weighted by Crippen LogP contribution is -2.16. The molecule has 4 rings (SSSR count). The molecule has 0 radical (unpaired) electrons. The van der Waals surface area contributed by atoms with Crippen molar-refractivity contribution in [3.05, 3.63) is 65.5 Å². The van der Waals surface area contributed by atoms with E-state index in [9.17, 15) is 8.78 Å². The van der Waals surface area contributed by atoms with E-state index < -0.39 is 5.82 Å². The third kappa shape index (κ3) is 4.98. The van der Waals surface area contributed by atoms with Gasteiger partial charge in [-0.1, -0.05) is 18.2 Å². The molecule has 0 saturated heterocycles. The normalized spacial score (nSPS) is 12.3. The molecule has 172 valence electrons. The highest BCUT2D eigenvalue weighted by atomic mass is 19.1. The second-order valence-corrected chi connectivity index (χ2v) is 7.75. The molecule has 1 N–H and O–H groups in total. The summed E-state index contributed by atoms with van der Waals surface area (Å²) < 4.78 is 36.1. The first kappa shape index (κ1) is 22.7. The van der Waals surface area contributed by atoms with Crippen LogP contribution in [0, 0.1) is 18.6 Å². The SMILES string of the molecule is CCOC(C)CCNc1nc(-c2nn(Cc3ccccc3F)c3ncccc23)nc(C)c1F. The molecule has 7 nitrogen and oxygen atoms in total. The molecule has 3 heterocycles. The van der Waals surface area contributed by atoms with Crippen molar-refractivity contribution in [2.75, 3.05) is 18.5 Å². The lowest BCUT2D eigenvalue weighted by Gasteiger charge is -2.13. The maximum Gasteiger partial charge on any atom is 0.186 e. The molecule has 1 atom stereocenters. The number of hydrogen-bond donors (Lipinski definition) is 1. The van der Waals surface area contributed by atoms with Gasteiger partial charge in [0.15, 0.2) is 23.1 Å². The van der Waals surface area contributed by atoms with Crippen LogP contribution in [0.4, 0.5) is 14.6 Å². The first-order valence-electron chi connectivity index (χ1n) is 10.9. The standard InChI is InChI=1S/C24H26F2N6O/c1-4-33-15(2)11-13-27-22-20(26)16(3)29-23(30-22)21-18-9-7-12-28-24(18)32(31-21)14-17-8-5-6-10-19(17)25/h5-10,12,15H,4,11,13-14H2,1-3H3,(H,27,29,30). The van der Waals surface area contributed by atoms with E-state index in [1.165, 1.54) is 6.07 Å². The monoisotopic (exact) mass is 452 g/mol. The molecular formula is C24H26F2N6O. The first-order valence-corrected chi connectivity index (χ1v) is 10.9. The summed E-state index contributed by atoms with van der Waals surface area (Å²) in [7, 11) is 0. The Hall–Kier alpha value is -3.46. The molecule has 33 heavy (non-hydrogen) atoms. The van der Waals surface area contributed by atoms with E-state index in [4.69, 9.17) is 4.74 Å². The summed E-state index contributed by atoms with van der Waals surface area (Å²) in [5, 5.41) is 8.39. The van der Waals surface area contributed by atoms with Crippen LogP contribution in [-0.4, -0.2) is 44.0 Å². The maximum atomic E-state index is 14.7. The molecular weight excluding hydrogens is 426 g/mol. The largest absolute Gasteiger partial charge is 0.379 e. The molecule has 0 amide bonds. The quantitative estimate of drug-likeness (QED) is 0.395. The second-order valence-electron chi connectivity index (χ2n) is 7.75. The summed E-state index contributed by atoms with van der Waals surface area (Å²) in [4.78, 5) is 13.2. The number of nitrogens with one attached hydrogen (secondary N) is 1. The Labute approximate surface area is 190 Å². The van der Waals surface area contributed by atoms with Gasteiger partial charge >= 0.3 is 0 Å². The Balaban J connectivity index is 1.69. The fraction of sp³-hybridized carbons (Fsp3) is 0.333. The minimum absolute atomic E-state index is 0.0528. The van der Waals surface area contributed by atoms with Crippen LogP contribution in [0.3, 0.4) is 0 Å². The molecule has 4 aromatic rings. The van der Waals surface area contributed by atoms with Crippen LogP contribution in [0.25, 0.3) is 22.6 Å². The average Bonchev–Trinajstić information content (AvgIpc) is 3.17. The number of rotatable bonds is 9. The molecule has 0 bridgehead atoms. The predicted octanol–water partition coefficient (Wildman–Crippen LogP) is 4.75. The number of hydrogen-bond acceptors (Lipinski definition) is 6. The number of nitrogens with zero attached hydrogens (tertiary/aromatic N) is 5. The van der Waals surface area contributed by atoms with Crippen LogP contribution < -0.4 is 5.32 Å². The Morgan fingerprint density at radius 3 is 2.73 bits per heavy atom. The number of benzene rings is 1. The highest BCUT2D eigenvalue weighted by Crippen LogP contribution is 2.27. The number of aromatic nitrogens is 5. The zero-order valence-electron chi connectivity index (χ0n) is 18.8. The van der Waals surface area contributed by atoms with Gasteiger partial charge in [-0.15, -0.1) is 0 Å². The van der Waals surface area contributed by atoms with Crippen molar-refractivity contribution in [1.29, 1.82) is 0 Å². The highest BCUT2D eigenvalue weighted by Gasteiger charge is 2.20. The molecule has 0 spiro atoms. The highest BCUT2D eigenvalue weighted by molar-refractivity contribution is 5.89. The summed E-state index contributed by atoms with van der Waals surface area (Å²) in [5.74, 6) is -0.433. The Morgan fingerprint density at radius 1 is 1.12 bits per heavy atom. The van der Waals surface area contributed by atoms with E-state index in [2.05, 4.69) is 25.4 Å². The van der Waals surface area contributed by atoms with Crippen molar-refractivity contribution in [1.82, 2.24) is 24.7 Å². The number of fused-ring (bicyclic) bond motifs is 1. The summed E-state index contributed by atoms with van der Waals surface area (Å²) in [6.07, 6.45) is 2.40. The lowest BCUT2D eigenvalue weighted by atomic mass is 10.2. The molecule has 0 aliphatic carbocycles. The summed E-state index contributed by atoms with van der Waals surface area (Å²) in [5.41, 5.74) is 1.73. The minimum atomic E-state index is -0.504. The van der Waals surface area contributed by atoms with Gasteiger partial charge in [0, 0.05) is 24.9 Å². The zero-order chi connectivity index (χ0) is 23.4. The van der Waals surface area contributed by atoms with Crippen molar-refractivity contribution >= 4 is 16.9 Å². The van der Waals surface area contributed by atoms with Crippen LogP contribution in [-0.2, 0) is 11.3 Å². The molecule has 0 aliphatic heterocycles. The van der Waals surface area contributed by atoms with E-state index in [0.29, 0.717) is 41.9 Å². The van der Waals surface area contributed by atoms with Crippen LogP contribution in [0.5, 0.6) is 0 Å². The van der Waals surface area contributed by atoms with Crippen molar-refractivity contribution in [2.45, 2.75) is 39.8 Å². The van der Waals surface area contributed by atoms with Gasteiger partial charge in [-0.3, -0.25) is 0 Å². The number of halogens is 2.